The molecular weight excluding hydrogens is 179 g/mol. The minimum absolute atomic E-state index is 0.877. The predicted molar refractivity (Wildman–Crippen MR) is 31.3 cm³/mol. The minimum atomic E-state index is 0.877. The van der Waals surface area contributed by atoms with Gasteiger partial charge in [0.25, 0.3) is 0 Å². The van der Waals surface area contributed by atoms with Crippen molar-refractivity contribution in [1.82, 2.24) is 0 Å². The number of halogens is 1. The molecule has 0 heterocycles. The SMILES string of the molecule is C/C(I)=N/N. The number of rotatable bonds is 0. The predicted octanol–water partition coefficient (Wildman–Crippen LogP) is 0.714. The van der Waals surface area contributed by atoms with Crippen molar-refractivity contribution >= 4 is 26.3 Å². The van der Waals surface area contributed by atoms with Crippen molar-refractivity contribution < 1.29 is 0 Å². The van der Waals surface area contributed by atoms with Gasteiger partial charge in [-0.05, 0) is 29.5 Å². The van der Waals surface area contributed by atoms with Gasteiger partial charge in [0, 0.05) is 0 Å². The molecule has 0 aromatic carbocycles. The summed E-state index contributed by atoms with van der Waals surface area (Å²) in [5.74, 6) is 4.75. The molecule has 5 heavy (non-hydrogen) atoms. The molecule has 3 heteroatoms. The van der Waals surface area contributed by atoms with Crippen molar-refractivity contribution in [3.8, 4) is 0 Å². The van der Waals surface area contributed by atoms with Gasteiger partial charge in [0.05, 0.1) is 3.72 Å². The second kappa shape index (κ2) is 2.44. The molecule has 0 aliphatic heterocycles. The maximum atomic E-state index is 4.75. The lowest BCUT2D eigenvalue weighted by molar-refractivity contribution is 1.26. The molecule has 0 rings (SSSR count). The fraction of sp³-hybridized carbons (Fsp3) is 0.500. The van der Waals surface area contributed by atoms with Gasteiger partial charge in [0.1, 0.15) is 0 Å². The van der Waals surface area contributed by atoms with Gasteiger partial charge in [-0.25, -0.2) is 0 Å². The molecule has 30 valence electrons. The van der Waals surface area contributed by atoms with E-state index in [1.165, 1.54) is 0 Å². The molecule has 0 aliphatic carbocycles. The summed E-state index contributed by atoms with van der Waals surface area (Å²) in [6, 6.07) is 0. The van der Waals surface area contributed by atoms with E-state index >= 15 is 0 Å². The molecule has 0 aromatic heterocycles. The average molecular weight is 184 g/mol. The Hall–Kier alpha value is 0.200. The van der Waals surface area contributed by atoms with Crippen molar-refractivity contribution in [2.45, 2.75) is 6.92 Å². The Morgan fingerprint density at radius 1 is 2.00 bits per heavy atom. The lowest BCUT2D eigenvalue weighted by atomic mass is 10.9. The van der Waals surface area contributed by atoms with E-state index in [-0.39, 0.29) is 0 Å². The van der Waals surface area contributed by atoms with Gasteiger partial charge in [-0.3, -0.25) is 0 Å². The van der Waals surface area contributed by atoms with Crippen LogP contribution < -0.4 is 5.84 Å². The lowest BCUT2D eigenvalue weighted by Crippen LogP contribution is -1.82. The Morgan fingerprint density at radius 3 is 2.20 bits per heavy atom. The number of nitrogens with two attached hydrogens (primary N) is 1. The van der Waals surface area contributed by atoms with Crippen LogP contribution in [0, 0.1) is 0 Å². The zero-order valence-electron chi connectivity index (χ0n) is 2.90. The van der Waals surface area contributed by atoms with Crippen molar-refractivity contribution in [2.75, 3.05) is 0 Å². The summed E-state index contributed by atoms with van der Waals surface area (Å²) in [6.45, 7) is 1.83. The highest BCUT2D eigenvalue weighted by molar-refractivity contribution is 14.1. The van der Waals surface area contributed by atoms with Crippen LogP contribution in [0.5, 0.6) is 0 Å². The van der Waals surface area contributed by atoms with Crippen LogP contribution in [0.4, 0.5) is 0 Å². The van der Waals surface area contributed by atoms with E-state index in [0.29, 0.717) is 0 Å². The molecule has 2 N–H and O–H groups in total. The minimum Gasteiger partial charge on any atom is -0.323 e. The van der Waals surface area contributed by atoms with Gasteiger partial charge in [-0.1, -0.05) is 0 Å². The van der Waals surface area contributed by atoms with Gasteiger partial charge in [-0.15, -0.1) is 0 Å². The molecule has 0 aromatic rings. The molecule has 0 spiro atoms. The van der Waals surface area contributed by atoms with Crippen LogP contribution in [0.3, 0.4) is 0 Å². The highest BCUT2D eigenvalue weighted by Gasteiger charge is 1.66. The molecule has 0 atom stereocenters. The van der Waals surface area contributed by atoms with E-state index in [0.717, 1.165) is 3.72 Å². The third-order valence-corrected chi connectivity index (χ3v) is 0.456. The van der Waals surface area contributed by atoms with Crippen LogP contribution in [0.25, 0.3) is 0 Å². The molecule has 0 saturated carbocycles. The zero-order chi connectivity index (χ0) is 4.28. The summed E-state index contributed by atoms with van der Waals surface area (Å²) in [5, 5.41) is 3.29. The Kier molecular flexibility index (Phi) is 2.54. The number of nitrogens with zero attached hydrogens (tertiary/aromatic N) is 1. The van der Waals surface area contributed by atoms with Gasteiger partial charge in [0.15, 0.2) is 0 Å². The van der Waals surface area contributed by atoms with Crippen molar-refractivity contribution in [3.05, 3.63) is 0 Å². The summed E-state index contributed by atoms with van der Waals surface area (Å²) in [6.07, 6.45) is 0. The normalized spacial score (nSPS) is 12.0. The number of hydrazone groups is 1. The van der Waals surface area contributed by atoms with E-state index in [2.05, 4.69) is 5.10 Å². The maximum absolute atomic E-state index is 4.75. The molecule has 0 radical (unpaired) electrons. The molecule has 0 aliphatic rings. The fourth-order valence-electron chi connectivity index (χ4n) is 0. The Morgan fingerprint density at radius 2 is 2.20 bits per heavy atom. The molecule has 0 fully saturated rings. The maximum Gasteiger partial charge on any atom is 0.0949 e. The van der Waals surface area contributed by atoms with Crippen LogP contribution in [0.1, 0.15) is 6.92 Å². The Bertz CT molecular complexity index is 45.6. The van der Waals surface area contributed by atoms with E-state index in [1.54, 1.807) is 0 Å². The first-order chi connectivity index (χ1) is 2.27. The summed E-state index contributed by atoms with van der Waals surface area (Å²) in [5.41, 5.74) is 0. The Balaban J connectivity index is 3.14. The monoisotopic (exact) mass is 184 g/mol. The van der Waals surface area contributed by atoms with E-state index in [9.17, 15) is 0 Å². The molecule has 0 unspecified atom stereocenters. The molecule has 0 bridgehead atoms. The quantitative estimate of drug-likeness (QED) is 0.256. The topological polar surface area (TPSA) is 38.4 Å². The van der Waals surface area contributed by atoms with Gasteiger partial charge >= 0.3 is 0 Å². The third kappa shape index (κ3) is 4.20. The first-order valence-electron chi connectivity index (χ1n) is 1.17. The highest BCUT2D eigenvalue weighted by Crippen LogP contribution is 1.81. The zero-order valence-corrected chi connectivity index (χ0v) is 5.06. The van der Waals surface area contributed by atoms with Crippen LogP contribution in [-0.2, 0) is 0 Å². The average Bonchev–Trinajstić information content (AvgIpc) is 1.38. The van der Waals surface area contributed by atoms with Crippen LogP contribution in [0.2, 0.25) is 0 Å². The van der Waals surface area contributed by atoms with E-state index in [4.69, 9.17) is 5.84 Å². The van der Waals surface area contributed by atoms with Crippen LogP contribution >= 0.6 is 22.6 Å². The molecular formula is C2H5IN2. The van der Waals surface area contributed by atoms with Crippen molar-refractivity contribution in [2.24, 2.45) is 10.9 Å². The summed E-state index contributed by atoms with van der Waals surface area (Å²) in [4.78, 5) is 0. The second-order valence-electron chi connectivity index (χ2n) is 0.626. The van der Waals surface area contributed by atoms with Crippen LogP contribution in [0.15, 0.2) is 5.10 Å². The van der Waals surface area contributed by atoms with Crippen LogP contribution in [-0.4, -0.2) is 3.72 Å². The highest BCUT2D eigenvalue weighted by atomic mass is 127. The summed E-state index contributed by atoms with van der Waals surface area (Å²) < 4.78 is 0.877. The molecule has 0 amide bonds. The third-order valence-electron chi connectivity index (χ3n) is 0.178. The standard InChI is InChI=1S/C2H5IN2/c1-2(3)5-4/h4H2,1H3/b5-2-. The first kappa shape index (κ1) is 5.20. The van der Waals surface area contributed by atoms with Crippen molar-refractivity contribution in [1.29, 1.82) is 0 Å². The molecule has 2 nitrogen and oxygen atoms in total. The van der Waals surface area contributed by atoms with Crippen molar-refractivity contribution in [3.63, 3.8) is 0 Å². The van der Waals surface area contributed by atoms with E-state index in [1.807, 2.05) is 29.5 Å². The van der Waals surface area contributed by atoms with E-state index < -0.39 is 0 Å². The summed E-state index contributed by atoms with van der Waals surface area (Å²) in [7, 11) is 0. The van der Waals surface area contributed by atoms with Gasteiger partial charge in [0.2, 0.25) is 0 Å². The van der Waals surface area contributed by atoms with Gasteiger partial charge < -0.3 is 5.84 Å². The largest absolute Gasteiger partial charge is 0.323 e. The van der Waals surface area contributed by atoms with Gasteiger partial charge in [-0.2, -0.15) is 5.10 Å². The smallest absolute Gasteiger partial charge is 0.0949 e. The summed E-state index contributed by atoms with van der Waals surface area (Å²) >= 11 is 2.03. The molecule has 0 saturated heterocycles. The first-order valence-corrected chi connectivity index (χ1v) is 2.25. The Labute approximate surface area is 44.6 Å². The number of hydrogen-bond donors (Lipinski definition) is 1. The number of hydrogen-bond acceptors (Lipinski definition) is 2. The second-order valence-corrected chi connectivity index (χ2v) is 2.19. The fourth-order valence-corrected chi connectivity index (χ4v) is 0. The lowest BCUT2D eigenvalue weighted by Gasteiger charge is -1.71.